The van der Waals surface area contributed by atoms with Gasteiger partial charge in [0.05, 0.1) is 6.04 Å². The third kappa shape index (κ3) is 3.39. The molecule has 0 aromatic heterocycles. The Labute approximate surface area is 111 Å². The molecule has 1 amide bonds. The van der Waals surface area contributed by atoms with Gasteiger partial charge in [0.1, 0.15) is 5.82 Å². The number of hydrogen-bond acceptors (Lipinski definition) is 2. The summed E-state index contributed by atoms with van der Waals surface area (Å²) in [5.41, 5.74) is 7.82. The predicted octanol–water partition coefficient (Wildman–Crippen LogP) is 2.78. The molecule has 0 aliphatic heterocycles. The number of carbonyl (C=O) groups is 1. The van der Waals surface area contributed by atoms with E-state index in [4.69, 9.17) is 5.73 Å². The van der Waals surface area contributed by atoms with E-state index in [0.29, 0.717) is 5.69 Å². The first kappa shape index (κ1) is 13.2. The lowest BCUT2D eigenvalue weighted by molar-refractivity contribution is -0.117. The molecule has 0 spiro atoms. The van der Waals surface area contributed by atoms with Crippen molar-refractivity contribution in [3.63, 3.8) is 0 Å². The van der Waals surface area contributed by atoms with Crippen LogP contribution in [0.2, 0.25) is 0 Å². The fourth-order valence-electron chi connectivity index (χ4n) is 1.67. The van der Waals surface area contributed by atoms with Crippen molar-refractivity contribution in [1.29, 1.82) is 0 Å². The smallest absolute Gasteiger partial charge is 0.240 e. The van der Waals surface area contributed by atoms with E-state index in [9.17, 15) is 9.18 Å². The summed E-state index contributed by atoms with van der Waals surface area (Å²) in [7, 11) is 0. The number of amides is 1. The average Bonchev–Trinajstić information content (AvgIpc) is 2.39. The highest BCUT2D eigenvalue weighted by Crippen LogP contribution is 2.22. The van der Waals surface area contributed by atoms with Crippen molar-refractivity contribution in [3.05, 3.63) is 54.3 Å². The molecule has 98 valence electrons. The minimum Gasteiger partial charge on any atom is -0.325 e. The van der Waals surface area contributed by atoms with Crippen molar-refractivity contribution in [1.82, 2.24) is 0 Å². The molecule has 0 saturated carbocycles. The minimum atomic E-state index is -0.553. The van der Waals surface area contributed by atoms with Gasteiger partial charge in [-0.2, -0.15) is 0 Å². The number of carbonyl (C=O) groups excluding carboxylic acids is 1. The lowest BCUT2D eigenvalue weighted by Gasteiger charge is -2.08. The van der Waals surface area contributed by atoms with Crippen LogP contribution in [0, 0.1) is 5.82 Å². The number of anilines is 1. The van der Waals surface area contributed by atoms with Crippen LogP contribution in [0.4, 0.5) is 10.1 Å². The van der Waals surface area contributed by atoms with E-state index in [1.54, 1.807) is 25.1 Å². The van der Waals surface area contributed by atoms with Gasteiger partial charge < -0.3 is 11.1 Å². The van der Waals surface area contributed by atoms with Gasteiger partial charge in [-0.3, -0.25) is 4.79 Å². The van der Waals surface area contributed by atoms with E-state index in [1.165, 1.54) is 12.1 Å². The molecule has 3 nitrogen and oxygen atoms in total. The molecule has 2 rings (SSSR count). The van der Waals surface area contributed by atoms with E-state index in [1.807, 2.05) is 18.2 Å². The Morgan fingerprint density at radius 2 is 1.84 bits per heavy atom. The first-order valence-corrected chi connectivity index (χ1v) is 5.99. The van der Waals surface area contributed by atoms with Crippen molar-refractivity contribution < 1.29 is 9.18 Å². The van der Waals surface area contributed by atoms with Crippen LogP contribution < -0.4 is 11.1 Å². The van der Waals surface area contributed by atoms with E-state index < -0.39 is 6.04 Å². The number of nitrogens with one attached hydrogen (secondary N) is 1. The van der Waals surface area contributed by atoms with Gasteiger partial charge in [-0.25, -0.2) is 4.39 Å². The second-order valence-corrected chi connectivity index (χ2v) is 4.37. The zero-order valence-electron chi connectivity index (χ0n) is 10.6. The summed E-state index contributed by atoms with van der Waals surface area (Å²) in [6.07, 6.45) is 0. The van der Waals surface area contributed by atoms with Crippen LogP contribution in [0.15, 0.2) is 48.5 Å². The summed E-state index contributed by atoms with van der Waals surface area (Å²) in [6, 6.07) is 13.0. The van der Waals surface area contributed by atoms with Gasteiger partial charge in [0.25, 0.3) is 0 Å². The molecular formula is C15H15FN2O. The van der Waals surface area contributed by atoms with Gasteiger partial charge >= 0.3 is 0 Å². The van der Waals surface area contributed by atoms with Crippen LogP contribution in [0.1, 0.15) is 6.92 Å². The van der Waals surface area contributed by atoms with Crippen molar-refractivity contribution in [2.45, 2.75) is 13.0 Å². The van der Waals surface area contributed by atoms with Gasteiger partial charge in [0.15, 0.2) is 0 Å². The lowest BCUT2D eigenvalue weighted by atomic mass is 10.1. The third-order valence-corrected chi connectivity index (χ3v) is 2.72. The van der Waals surface area contributed by atoms with Gasteiger partial charge in [-0.1, -0.05) is 24.3 Å². The molecular weight excluding hydrogens is 243 g/mol. The fraction of sp³-hybridized carbons (Fsp3) is 0.133. The van der Waals surface area contributed by atoms with Gasteiger partial charge in [-0.05, 0) is 42.3 Å². The number of benzene rings is 2. The molecule has 2 aromatic rings. The number of rotatable bonds is 3. The molecule has 0 heterocycles. The maximum Gasteiger partial charge on any atom is 0.240 e. The maximum atomic E-state index is 13.1. The molecule has 4 heteroatoms. The second-order valence-electron chi connectivity index (χ2n) is 4.37. The summed E-state index contributed by atoms with van der Waals surface area (Å²) in [4.78, 5) is 11.4. The molecule has 0 saturated heterocycles. The Hall–Kier alpha value is -2.20. The summed E-state index contributed by atoms with van der Waals surface area (Å²) in [5.74, 6) is -0.509. The third-order valence-electron chi connectivity index (χ3n) is 2.72. The lowest BCUT2D eigenvalue weighted by Crippen LogP contribution is -2.32. The Kier molecular flexibility index (Phi) is 3.92. The first-order chi connectivity index (χ1) is 9.06. The van der Waals surface area contributed by atoms with Crippen LogP contribution in [0.25, 0.3) is 11.1 Å². The van der Waals surface area contributed by atoms with Gasteiger partial charge in [0.2, 0.25) is 5.91 Å². The van der Waals surface area contributed by atoms with Crippen molar-refractivity contribution in [3.8, 4) is 11.1 Å². The molecule has 19 heavy (non-hydrogen) atoms. The van der Waals surface area contributed by atoms with Crippen LogP contribution in [0.3, 0.4) is 0 Å². The summed E-state index contributed by atoms with van der Waals surface area (Å²) in [5, 5.41) is 2.69. The second kappa shape index (κ2) is 5.63. The van der Waals surface area contributed by atoms with Crippen molar-refractivity contribution >= 4 is 11.6 Å². The number of halogens is 1. The Balaban J connectivity index is 2.17. The first-order valence-electron chi connectivity index (χ1n) is 5.99. The Morgan fingerprint density at radius 3 is 2.42 bits per heavy atom. The van der Waals surface area contributed by atoms with E-state index >= 15 is 0 Å². The molecule has 0 radical (unpaired) electrons. The topological polar surface area (TPSA) is 55.1 Å². The van der Waals surface area contributed by atoms with E-state index in [0.717, 1.165) is 11.1 Å². The van der Waals surface area contributed by atoms with Crippen LogP contribution in [0.5, 0.6) is 0 Å². The zero-order valence-corrected chi connectivity index (χ0v) is 10.6. The monoisotopic (exact) mass is 258 g/mol. The largest absolute Gasteiger partial charge is 0.325 e. The average molecular weight is 258 g/mol. The highest BCUT2D eigenvalue weighted by molar-refractivity contribution is 5.94. The Bertz CT molecular complexity index is 579. The molecule has 0 bridgehead atoms. The van der Waals surface area contributed by atoms with E-state index in [-0.39, 0.29) is 11.7 Å². The normalized spacial score (nSPS) is 11.9. The van der Waals surface area contributed by atoms with Gasteiger partial charge in [0, 0.05) is 5.69 Å². The van der Waals surface area contributed by atoms with Crippen LogP contribution in [-0.2, 0) is 4.79 Å². The highest BCUT2D eigenvalue weighted by atomic mass is 19.1. The summed E-state index contributed by atoms with van der Waals surface area (Å²) in [6.45, 7) is 1.62. The standard InChI is InChI=1S/C15H15FN2O/c1-10(17)15(19)18-14-7-5-11(6-8-14)12-3-2-4-13(16)9-12/h2-10H,17H2,1H3,(H,18,19)/t10-/m1/s1. The van der Waals surface area contributed by atoms with Crippen LogP contribution in [-0.4, -0.2) is 11.9 Å². The molecule has 0 unspecified atom stereocenters. The maximum absolute atomic E-state index is 13.1. The minimum absolute atomic E-state index is 0.237. The quantitative estimate of drug-likeness (QED) is 0.889. The molecule has 0 fully saturated rings. The van der Waals surface area contributed by atoms with Gasteiger partial charge in [-0.15, -0.1) is 0 Å². The van der Waals surface area contributed by atoms with Crippen molar-refractivity contribution in [2.75, 3.05) is 5.32 Å². The highest BCUT2D eigenvalue weighted by Gasteiger charge is 2.07. The fourth-order valence-corrected chi connectivity index (χ4v) is 1.67. The zero-order chi connectivity index (χ0) is 13.8. The van der Waals surface area contributed by atoms with Crippen LogP contribution >= 0.6 is 0 Å². The molecule has 0 aliphatic carbocycles. The molecule has 2 aromatic carbocycles. The molecule has 0 aliphatic rings. The summed E-state index contributed by atoms with van der Waals surface area (Å²) < 4.78 is 13.1. The molecule has 1 atom stereocenters. The molecule has 3 N–H and O–H groups in total. The predicted molar refractivity (Wildman–Crippen MR) is 74.1 cm³/mol. The number of nitrogens with two attached hydrogens (primary N) is 1. The number of hydrogen-bond donors (Lipinski definition) is 2. The summed E-state index contributed by atoms with van der Waals surface area (Å²) >= 11 is 0. The van der Waals surface area contributed by atoms with Crippen molar-refractivity contribution in [2.24, 2.45) is 5.73 Å². The SMILES string of the molecule is C[C@@H](N)C(=O)Nc1ccc(-c2cccc(F)c2)cc1. The van der Waals surface area contributed by atoms with E-state index in [2.05, 4.69) is 5.32 Å². The Morgan fingerprint density at radius 1 is 1.16 bits per heavy atom.